The highest BCUT2D eigenvalue weighted by atomic mass is 35.5. The van der Waals surface area contributed by atoms with Gasteiger partial charge in [0, 0.05) is 6.07 Å². The maximum Gasteiger partial charge on any atom is 0.339 e. The van der Waals surface area contributed by atoms with E-state index in [4.69, 9.17) is 26.2 Å². The van der Waals surface area contributed by atoms with Crippen molar-refractivity contribution in [2.24, 2.45) is 0 Å². The molecule has 0 atom stereocenters. The Morgan fingerprint density at radius 3 is 2.68 bits per heavy atom. The predicted octanol–water partition coefficient (Wildman–Crippen LogP) is 2.51. The molecular weight excluding hydrogens is 279 g/mol. The van der Waals surface area contributed by atoms with E-state index in [2.05, 4.69) is 0 Å². The van der Waals surface area contributed by atoms with Gasteiger partial charge in [0.2, 0.25) is 0 Å². The highest BCUT2D eigenvalue weighted by Crippen LogP contribution is 2.26. The molecule has 0 bridgehead atoms. The van der Waals surface area contributed by atoms with Crippen LogP contribution in [0.1, 0.15) is 23.7 Å². The van der Waals surface area contributed by atoms with Gasteiger partial charge in [0.1, 0.15) is 11.6 Å². The predicted molar refractivity (Wildman–Crippen MR) is 65.1 cm³/mol. The molecule has 1 aromatic rings. The summed E-state index contributed by atoms with van der Waals surface area (Å²) in [5, 5.41) is 8.10. The van der Waals surface area contributed by atoms with Gasteiger partial charge in [-0.2, -0.15) is 0 Å². The van der Waals surface area contributed by atoms with E-state index in [1.807, 2.05) is 0 Å². The van der Waals surface area contributed by atoms with E-state index in [0.717, 1.165) is 6.07 Å². The number of hydrogen-bond acceptors (Lipinski definition) is 4. The van der Waals surface area contributed by atoms with Crippen LogP contribution in [0.5, 0.6) is 5.75 Å². The Bertz CT molecular complexity index is 489. The van der Waals surface area contributed by atoms with Crippen LogP contribution in [0, 0.1) is 5.82 Å². The molecule has 1 aromatic carbocycles. The fourth-order valence-corrected chi connectivity index (χ4v) is 1.45. The van der Waals surface area contributed by atoms with Crippen molar-refractivity contribution in [1.29, 1.82) is 0 Å². The number of aliphatic carboxylic acids is 1. The normalized spacial score (nSPS) is 10.1. The molecule has 19 heavy (non-hydrogen) atoms. The van der Waals surface area contributed by atoms with Gasteiger partial charge in [-0.15, -0.1) is 0 Å². The number of carbonyl (C=O) groups is 2. The summed E-state index contributed by atoms with van der Waals surface area (Å²) in [6.45, 7) is 1.59. The van der Waals surface area contributed by atoms with Crippen molar-refractivity contribution in [2.45, 2.75) is 13.3 Å². The topological polar surface area (TPSA) is 72.8 Å². The van der Waals surface area contributed by atoms with Crippen molar-refractivity contribution in [2.75, 3.05) is 13.2 Å². The molecule has 0 aliphatic rings. The van der Waals surface area contributed by atoms with Crippen molar-refractivity contribution in [3.8, 4) is 5.75 Å². The van der Waals surface area contributed by atoms with Crippen LogP contribution in [-0.4, -0.2) is 30.3 Å². The molecule has 104 valence electrons. The molecule has 7 heteroatoms. The summed E-state index contributed by atoms with van der Waals surface area (Å²) >= 11 is 5.65. The first-order chi connectivity index (χ1) is 8.95. The van der Waals surface area contributed by atoms with Crippen molar-refractivity contribution in [3.05, 3.63) is 28.5 Å². The lowest BCUT2D eigenvalue weighted by Crippen LogP contribution is -2.09. The highest BCUT2D eigenvalue weighted by molar-refractivity contribution is 6.33. The zero-order valence-electron chi connectivity index (χ0n) is 10.1. The first-order valence-electron chi connectivity index (χ1n) is 5.46. The van der Waals surface area contributed by atoms with Gasteiger partial charge in [-0.3, -0.25) is 4.79 Å². The zero-order chi connectivity index (χ0) is 14.4. The van der Waals surface area contributed by atoms with Gasteiger partial charge < -0.3 is 14.6 Å². The second-order valence-corrected chi connectivity index (χ2v) is 3.86. The number of rotatable bonds is 6. The van der Waals surface area contributed by atoms with Gasteiger partial charge >= 0.3 is 11.9 Å². The first kappa shape index (κ1) is 15.2. The van der Waals surface area contributed by atoms with Crippen LogP contribution in [-0.2, 0) is 9.53 Å². The largest absolute Gasteiger partial charge is 0.493 e. The second kappa shape index (κ2) is 6.94. The van der Waals surface area contributed by atoms with Crippen molar-refractivity contribution < 1.29 is 28.6 Å². The lowest BCUT2D eigenvalue weighted by molar-refractivity contribution is -0.137. The smallest absolute Gasteiger partial charge is 0.339 e. The van der Waals surface area contributed by atoms with E-state index in [9.17, 15) is 14.0 Å². The molecule has 0 amide bonds. The van der Waals surface area contributed by atoms with Crippen molar-refractivity contribution >= 4 is 23.5 Å². The van der Waals surface area contributed by atoms with Crippen LogP contribution in [0.3, 0.4) is 0 Å². The average molecular weight is 291 g/mol. The lowest BCUT2D eigenvalue weighted by Gasteiger charge is -2.09. The highest BCUT2D eigenvalue weighted by Gasteiger charge is 2.17. The van der Waals surface area contributed by atoms with Crippen LogP contribution < -0.4 is 4.74 Å². The Hall–Kier alpha value is -1.82. The fraction of sp³-hybridized carbons (Fsp3) is 0.333. The number of carbonyl (C=O) groups excluding carboxylic acids is 1. The third-order valence-electron chi connectivity index (χ3n) is 2.08. The fourth-order valence-electron chi connectivity index (χ4n) is 1.26. The van der Waals surface area contributed by atoms with Crippen LogP contribution in [0.25, 0.3) is 0 Å². The Morgan fingerprint density at radius 1 is 1.42 bits per heavy atom. The maximum absolute atomic E-state index is 13.5. The average Bonchev–Trinajstić information content (AvgIpc) is 2.33. The molecule has 5 nitrogen and oxygen atoms in total. The molecule has 0 heterocycles. The molecule has 0 aliphatic carbocycles. The standard InChI is InChI=1S/C12H12ClFO5/c1-2-18-12(17)8-5-7(6-9(14)11(8)13)19-4-3-10(15)16/h5-6H,2-4H2,1H3,(H,15,16). The minimum absolute atomic E-state index is 0.0196. The van der Waals surface area contributed by atoms with Crippen LogP contribution in [0.15, 0.2) is 12.1 Å². The van der Waals surface area contributed by atoms with E-state index < -0.39 is 17.8 Å². The van der Waals surface area contributed by atoms with Gasteiger partial charge in [0.25, 0.3) is 0 Å². The maximum atomic E-state index is 13.5. The molecule has 0 radical (unpaired) electrons. The zero-order valence-corrected chi connectivity index (χ0v) is 10.9. The second-order valence-electron chi connectivity index (χ2n) is 3.48. The number of esters is 1. The van der Waals surface area contributed by atoms with E-state index >= 15 is 0 Å². The van der Waals surface area contributed by atoms with Gasteiger partial charge in [-0.1, -0.05) is 11.6 Å². The first-order valence-corrected chi connectivity index (χ1v) is 5.84. The summed E-state index contributed by atoms with van der Waals surface area (Å²) in [5.74, 6) is -2.63. The molecule has 1 rings (SSSR count). The summed E-state index contributed by atoms with van der Waals surface area (Å²) in [4.78, 5) is 21.9. The van der Waals surface area contributed by atoms with Gasteiger partial charge in [-0.25, -0.2) is 9.18 Å². The van der Waals surface area contributed by atoms with E-state index in [1.54, 1.807) is 6.92 Å². The number of ether oxygens (including phenoxy) is 2. The van der Waals surface area contributed by atoms with Gasteiger partial charge in [-0.05, 0) is 13.0 Å². The Balaban J connectivity index is 2.89. The number of hydrogen-bond donors (Lipinski definition) is 1. The number of benzene rings is 1. The van der Waals surface area contributed by atoms with Crippen LogP contribution in [0.2, 0.25) is 5.02 Å². The van der Waals surface area contributed by atoms with Crippen molar-refractivity contribution in [1.82, 2.24) is 0 Å². The molecular formula is C12H12ClFO5. The quantitative estimate of drug-likeness (QED) is 0.815. The monoisotopic (exact) mass is 290 g/mol. The summed E-state index contributed by atoms with van der Waals surface area (Å²) in [6, 6.07) is 2.19. The molecule has 1 N–H and O–H groups in total. The molecule has 0 aromatic heterocycles. The number of halogens is 2. The van der Waals surface area contributed by atoms with Crippen LogP contribution >= 0.6 is 11.6 Å². The van der Waals surface area contributed by atoms with E-state index in [-0.39, 0.29) is 36.0 Å². The third-order valence-corrected chi connectivity index (χ3v) is 2.47. The third kappa shape index (κ3) is 4.40. The Labute approximate surface area is 113 Å². The molecule has 0 aliphatic heterocycles. The minimum Gasteiger partial charge on any atom is -0.493 e. The molecule has 0 unspecified atom stereocenters. The summed E-state index contributed by atoms with van der Waals surface area (Å²) in [7, 11) is 0. The van der Waals surface area contributed by atoms with E-state index in [1.165, 1.54) is 6.07 Å². The van der Waals surface area contributed by atoms with Gasteiger partial charge in [0.05, 0.1) is 30.2 Å². The summed E-state index contributed by atoms with van der Waals surface area (Å²) in [5.41, 5.74) is -0.158. The minimum atomic E-state index is -1.04. The van der Waals surface area contributed by atoms with Crippen molar-refractivity contribution in [3.63, 3.8) is 0 Å². The van der Waals surface area contributed by atoms with Gasteiger partial charge in [0.15, 0.2) is 0 Å². The molecule has 0 spiro atoms. The molecule has 0 saturated carbocycles. The number of carboxylic acid groups (broad SMARTS) is 1. The Kier molecular flexibility index (Phi) is 5.57. The van der Waals surface area contributed by atoms with E-state index in [0.29, 0.717) is 0 Å². The Morgan fingerprint density at radius 2 is 2.11 bits per heavy atom. The number of carboxylic acids is 1. The summed E-state index contributed by atoms with van der Waals surface area (Å²) < 4.78 is 23.2. The van der Waals surface area contributed by atoms with Crippen LogP contribution in [0.4, 0.5) is 4.39 Å². The molecule has 0 fully saturated rings. The lowest BCUT2D eigenvalue weighted by atomic mass is 10.2. The SMILES string of the molecule is CCOC(=O)c1cc(OCCC(=O)O)cc(F)c1Cl. The summed E-state index contributed by atoms with van der Waals surface area (Å²) in [6.07, 6.45) is -0.237. The molecule has 0 saturated heterocycles.